The van der Waals surface area contributed by atoms with Gasteiger partial charge in [-0.15, -0.1) is 0 Å². The summed E-state index contributed by atoms with van der Waals surface area (Å²) in [7, 11) is 0. The Morgan fingerprint density at radius 1 is 1.07 bits per heavy atom. The summed E-state index contributed by atoms with van der Waals surface area (Å²) < 4.78 is 52.8. The highest BCUT2D eigenvalue weighted by molar-refractivity contribution is 5.58. The molecule has 4 nitrogen and oxygen atoms in total. The molecule has 0 bridgehead atoms. The monoisotopic (exact) mass is 402 g/mol. The van der Waals surface area contributed by atoms with E-state index in [1.807, 2.05) is 17.0 Å². The molecule has 0 saturated carbocycles. The van der Waals surface area contributed by atoms with E-state index in [0.717, 1.165) is 35.0 Å². The maximum absolute atomic E-state index is 14.1. The zero-order valence-electron chi connectivity index (χ0n) is 15.4. The average Bonchev–Trinajstić information content (AvgIpc) is 2.69. The van der Waals surface area contributed by atoms with E-state index in [2.05, 4.69) is 9.97 Å². The standard InChI is InChI=1S/C21H18F4N4/c22-18-6-3-16(21(23,24)25)9-14(18)11-29-8-7-19-15(12-29)10-27-20(28-19)13-1-4-17(26)5-2-13/h1-6,9-10H,7-8,11-12,26H2. The Morgan fingerprint density at radius 3 is 2.55 bits per heavy atom. The van der Waals surface area contributed by atoms with Crippen LogP contribution in [0.15, 0.2) is 48.7 Å². The number of nitrogens with two attached hydrogens (primary N) is 1. The molecule has 0 radical (unpaired) electrons. The lowest BCUT2D eigenvalue weighted by Crippen LogP contribution is -2.31. The van der Waals surface area contributed by atoms with Gasteiger partial charge in [0, 0.05) is 54.6 Å². The van der Waals surface area contributed by atoms with Gasteiger partial charge in [-0.1, -0.05) is 0 Å². The number of rotatable bonds is 3. The first-order valence-corrected chi connectivity index (χ1v) is 9.08. The minimum atomic E-state index is -4.50. The molecule has 1 aliphatic rings. The van der Waals surface area contributed by atoms with Crippen LogP contribution < -0.4 is 5.73 Å². The number of aromatic nitrogens is 2. The van der Waals surface area contributed by atoms with Gasteiger partial charge in [0.15, 0.2) is 5.82 Å². The van der Waals surface area contributed by atoms with Gasteiger partial charge < -0.3 is 5.73 Å². The molecule has 2 N–H and O–H groups in total. The molecule has 8 heteroatoms. The first-order valence-electron chi connectivity index (χ1n) is 9.08. The maximum Gasteiger partial charge on any atom is 0.416 e. The normalized spacial score (nSPS) is 14.6. The van der Waals surface area contributed by atoms with Gasteiger partial charge in [-0.25, -0.2) is 14.4 Å². The number of alkyl halides is 3. The summed E-state index contributed by atoms with van der Waals surface area (Å²) in [6.45, 7) is 1.11. The van der Waals surface area contributed by atoms with E-state index in [9.17, 15) is 17.6 Å². The molecule has 0 unspecified atom stereocenters. The van der Waals surface area contributed by atoms with E-state index in [4.69, 9.17) is 5.73 Å². The third-order valence-corrected chi connectivity index (χ3v) is 4.95. The molecule has 3 aromatic rings. The van der Waals surface area contributed by atoms with Crippen molar-refractivity contribution < 1.29 is 17.6 Å². The van der Waals surface area contributed by atoms with Gasteiger partial charge in [0.25, 0.3) is 0 Å². The van der Waals surface area contributed by atoms with Crippen molar-refractivity contribution >= 4 is 5.69 Å². The highest BCUT2D eigenvalue weighted by atomic mass is 19.4. The molecule has 2 heterocycles. The summed E-state index contributed by atoms with van der Waals surface area (Å²) in [4.78, 5) is 10.9. The summed E-state index contributed by atoms with van der Waals surface area (Å²) in [5.74, 6) is -0.0418. The minimum absolute atomic E-state index is 0.0303. The molecule has 0 fully saturated rings. The number of anilines is 1. The fourth-order valence-electron chi connectivity index (χ4n) is 3.39. The predicted molar refractivity (Wildman–Crippen MR) is 101 cm³/mol. The number of benzene rings is 2. The van der Waals surface area contributed by atoms with Crippen molar-refractivity contribution in [2.24, 2.45) is 0 Å². The van der Waals surface area contributed by atoms with Crippen LogP contribution in [0.25, 0.3) is 11.4 Å². The molecule has 0 aliphatic carbocycles. The Balaban J connectivity index is 1.52. The van der Waals surface area contributed by atoms with E-state index in [1.165, 1.54) is 0 Å². The lowest BCUT2D eigenvalue weighted by Gasteiger charge is -2.28. The van der Waals surface area contributed by atoms with Crippen molar-refractivity contribution in [3.63, 3.8) is 0 Å². The van der Waals surface area contributed by atoms with Crippen LogP contribution in [0.3, 0.4) is 0 Å². The predicted octanol–water partition coefficient (Wildman–Crippen LogP) is 4.44. The first-order chi connectivity index (χ1) is 13.8. The number of hydrogen-bond acceptors (Lipinski definition) is 4. The smallest absolute Gasteiger partial charge is 0.399 e. The van der Waals surface area contributed by atoms with Crippen molar-refractivity contribution in [2.45, 2.75) is 25.7 Å². The molecule has 1 aliphatic heterocycles. The topological polar surface area (TPSA) is 55.0 Å². The van der Waals surface area contributed by atoms with Crippen molar-refractivity contribution in [3.8, 4) is 11.4 Å². The lowest BCUT2D eigenvalue weighted by molar-refractivity contribution is -0.137. The van der Waals surface area contributed by atoms with Crippen molar-refractivity contribution in [1.82, 2.24) is 14.9 Å². The Morgan fingerprint density at radius 2 is 1.83 bits per heavy atom. The first kappa shape index (κ1) is 19.3. The number of halogens is 4. The zero-order valence-corrected chi connectivity index (χ0v) is 15.4. The maximum atomic E-state index is 14.1. The Hall–Kier alpha value is -3.00. The highest BCUT2D eigenvalue weighted by Crippen LogP contribution is 2.31. The molecular formula is C21H18F4N4. The van der Waals surface area contributed by atoms with Gasteiger partial charge in [-0.05, 0) is 42.5 Å². The summed E-state index contributed by atoms with van der Waals surface area (Å²) in [5, 5.41) is 0. The SMILES string of the molecule is Nc1ccc(-c2ncc3c(n2)CCN(Cc2cc(C(F)(F)F)ccc2F)C3)cc1. The average molecular weight is 402 g/mol. The molecule has 150 valence electrons. The van der Waals surface area contributed by atoms with Crippen molar-refractivity contribution in [2.75, 3.05) is 12.3 Å². The molecular weight excluding hydrogens is 384 g/mol. The quantitative estimate of drug-likeness (QED) is 0.520. The van der Waals surface area contributed by atoms with Crippen LogP contribution in [0.1, 0.15) is 22.4 Å². The number of hydrogen-bond donors (Lipinski definition) is 1. The fourth-order valence-corrected chi connectivity index (χ4v) is 3.39. The Labute approximate surface area is 165 Å². The third-order valence-electron chi connectivity index (χ3n) is 4.95. The van der Waals surface area contributed by atoms with E-state index < -0.39 is 17.6 Å². The lowest BCUT2D eigenvalue weighted by atomic mass is 10.0. The molecule has 0 atom stereocenters. The van der Waals surface area contributed by atoms with Gasteiger partial charge in [0.2, 0.25) is 0 Å². The zero-order chi connectivity index (χ0) is 20.6. The molecule has 29 heavy (non-hydrogen) atoms. The number of fused-ring (bicyclic) bond motifs is 1. The third kappa shape index (κ3) is 4.22. The van der Waals surface area contributed by atoms with Gasteiger partial charge in [0.1, 0.15) is 5.82 Å². The van der Waals surface area contributed by atoms with Crippen LogP contribution in [0.4, 0.5) is 23.2 Å². The van der Waals surface area contributed by atoms with E-state index in [-0.39, 0.29) is 12.1 Å². The van der Waals surface area contributed by atoms with Gasteiger partial charge in [0.05, 0.1) is 11.3 Å². The highest BCUT2D eigenvalue weighted by Gasteiger charge is 2.31. The largest absolute Gasteiger partial charge is 0.416 e. The molecule has 0 saturated heterocycles. The van der Waals surface area contributed by atoms with Gasteiger partial charge in [-0.2, -0.15) is 13.2 Å². The molecule has 0 spiro atoms. The van der Waals surface area contributed by atoms with Crippen LogP contribution >= 0.6 is 0 Å². The van der Waals surface area contributed by atoms with Crippen LogP contribution in [0.5, 0.6) is 0 Å². The number of nitrogens with zero attached hydrogens (tertiary/aromatic N) is 3. The molecule has 4 rings (SSSR count). The number of nitrogen functional groups attached to an aromatic ring is 1. The van der Waals surface area contributed by atoms with Crippen LogP contribution in [-0.4, -0.2) is 21.4 Å². The second kappa shape index (κ2) is 7.44. The summed E-state index contributed by atoms with van der Waals surface area (Å²) in [6, 6.07) is 9.78. The van der Waals surface area contributed by atoms with E-state index >= 15 is 0 Å². The van der Waals surface area contributed by atoms with Crippen LogP contribution in [0.2, 0.25) is 0 Å². The molecule has 1 aromatic heterocycles. The van der Waals surface area contributed by atoms with Gasteiger partial charge in [-0.3, -0.25) is 4.90 Å². The van der Waals surface area contributed by atoms with E-state index in [1.54, 1.807) is 18.3 Å². The van der Waals surface area contributed by atoms with Crippen molar-refractivity contribution in [1.29, 1.82) is 0 Å². The second-order valence-electron chi connectivity index (χ2n) is 7.05. The fraction of sp³-hybridized carbons (Fsp3) is 0.238. The minimum Gasteiger partial charge on any atom is -0.399 e. The van der Waals surface area contributed by atoms with Crippen LogP contribution in [0, 0.1) is 5.82 Å². The van der Waals surface area contributed by atoms with E-state index in [0.29, 0.717) is 31.0 Å². The Bertz CT molecular complexity index is 1030. The molecule has 2 aromatic carbocycles. The van der Waals surface area contributed by atoms with Crippen molar-refractivity contribution in [3.05, 3.63) is 76.9 Å². The summed E-state index contributed by atoms with van der Waals surface area (Å²) in [6.07, 6.45) is -2.16. The summed E-state index contributed by atoms with van der Waals surface area (Å²) in [5.41, 5.74) is 8.19. The van der Waals surface area contributed by atoms with Crippen LogP contribution in [-0.2, 0) is 25.7 Å². The Kier molecular flexibility index (Phi) is 4.96. The summed E-state index contributed by atoms with van der Waals surface area (Å²) >= 11 is 0. The molecule has 0 amide bonds. The second-order valence-corrected chi connectivity index (χ2v) is 7.05. The van der Waals surface area contributed by atoms with Gasteiger partial charge >= 0.3 is 6.18 Å².